The summed E-state index contributed by atoms with van der Waals surface area (Å²) < 4.78 is 0. The molecule has 3 aromatic carbocycles. The first-order valence-corrected chi connectivity index (χ1v) is 16.9. The summed E-state index contributed by atoms with van der Waals surface area (Å²) in [6.45, 7) is 4.45. The highest BCUT2D eigenvalue weighted by Gasteiger charge is 2.28. The van der Waals surface area contributed by atoms with Gasteiger partial charge in [0.15, 0.2) is 0 Å². The minimum atomic E-state index is -0.406. The summed E-state index contributed by atoms with van der Waals surface area (Å²) >= 11 is 1.94. The summed E-state index contributed by atoms with van der Waals surface area (Å²) in [5, 5.41) is 15.3. The van der Waals surface area contributed by atoms with E-state index in [2.05, 4.69) is 72.7 Å². The molecule has 1 aromatic heterocycles. The summed E-state index contributed by atoms with van der Waals surface area (Å²) in [4.78, 5) is 19.8. The van der Waals surface area contributed by atoms with Crippen LogP contribution in [0.2, 0.25) is 0 Å². The molecule has 1 aliphatic carbocycles. The maximum absolute atomic E-state index is 14.3. The van der Waals surface area contributed by atoms with Crippen LogP contribution in [0.4, 0.5) is 5.69 Å². The summed E-state index contributed by atoms with van der Waals surface area (Å²) in [6.07, 6.45) is 6.71. The number of phenols is 1. The molecule has 3 N–H and O–H groups in total. The summed E-state index contributed by atoms with van der Waals surface area (Å²) in [7, 11) is 1.90. The first kappa shape index (κ1) is 29.4. The van der Waals surface area contributed by atoms with Gasteiger partial charge in [0, 0.05) is 53.6 Å². The van der Waals surface area contributed by atoms with Crippen LogP contribution >= 0.6 is 11.8 Å². The molecule has 6 heteroatoms. The largest absolute Gasteiger partial charge is 0.508 e. The number of H-pyrrole nitrogens is 1. The molecule has 2 unspecified atom stereocenters. The lowest BCUT2D eigenvalue weighted by Gasteiger charge is -2.30. The number of aromatic nitrogens is 1. The lowest BCUT2D eigenvalue weighted by Crippen LogP contribution is -2.47. The van der Waals surface area contributed by atoms with Crippen molar-refractivity contribution in [1.82, 2.24) is 10.3 Å². The molecular formula is C37H43N3O2S. The average molecular weight is 594 g/mol. The van der Waals surface area contributed by atoms with Crippen LogP contribution in [0, 0.1) is 0 Å². The molecule has 0 saturated heterocycles. The number of amides is 1. The van der Waals surface area contributed by atoms with E-state index in [0.717, 1.165) is 59.5 Å². The normalized spacial score (nSPS) is 18.3. The zero-order chi connectivity index (χ0) is 29.9. The SMILES string of the molecule is CCC(C)c1ccc(N(C)C(=O)C2Cc3cccc(c3)CCSCc3[nH]c4ccc(O)cc4c3CC(=C3CCC3)N2)cc1. The first-order valence-electron chi connectivity index (χ1n) is 15.7. The Labute approximate surface area is 259 Å². The third-order valence-electron chi connectivity index (χ3n) is 9.37. The summed E-state index contributed by atoms with van der Waals surface area (Å²) in [5.74, 6) is 2.74. The topological polar surface area (TPSA) is 68.4 Å². The van der Waals surface area contributed by atoms with Crippen molar-refractivity contribution in [2.45, 2.75) is 76.5 Å². The van der Waals surface area contributed by atoms with Crippen molar-refractivity contribution < 1.29 is 9.90 Å². The van der Waals surface area contributed by atoms with E-state index >= 15 is 0 Å². The Hall–Kier alpha value is -3.64. The van der Waals surface area contributed by atoms with Crippen molar-refractivity contribution >= 4 is 34.3 Å². The molecule has 224 valence electrons. The average Bonchev–Trinajstić information content (AvgIpc) is 3.32. The van der Waals surface area contributed by atoms with E-state index in [1.165, 1.54) is 39.9 Å². The van der Waals surface area contributed by atoms with Gasteiger partial charge in [-0.3, -0.25) is 4.79 Å². The third-order valence-corrected chi connectivity index (χ3v) is 10.4. The number of carbonyl (C=O) groups excluding carboxylic acids is 1. The molecule has 43 heavy (non-hydrogen) atoms. The zero-order valence-corrected chi connectivity index (χ0v) is 26.4. The predicted molar refractivity (Wildman–Crippen MR) is 180 cm³/mol. The number of hydrogen-bond acceptors (Lipinski definition) is 4. The smallest absolute Gasteiger partial charge is 0.249 e. The molecule has 2 aliphatic rings. The fourth-order valence-electron chi connectivity index (χ4n) is 6.27. The van der Waals surface area contributed by atoms with Gasteiger partial charge in [-0.15, -0.1) is 0 Å². The molecule has 2 atom stereocenters. The molecule has 1 aliphatic heterocycles. The van der Waals surface area contributed by atoms with Crippen LogP contribution in [0.15, 0.2) is 78.0 Å². The second-order valence-corrected chi connectivity index (χ2v) is 13.4. The van der Waals surface area contributed by atoms with Gasteiger partial charge in [-0.2, -0.15) is 11.8 Å². The molecule has 1 saturated carbocycles. The van der Waals surface area contributed by atoms with Gasteiger partial charge in [0.2, 0.25) is 5.91 Å². The van der Waals surface area contributed by atoms with Crippen LogP contribution in [0.25, 0.3) is 10.9 Å². The Bertz CT molecular complexity index is 1630. The number of fused-ring (bicyclic) bond motifs is 5. The maximum Gasteiger partial charge on any atom is 0.249 e. The fraction of sp³-hybridized carbons (Fsp3) is 0.378. The van der Waals surface area contributed by atoms with E-state index in [0.29, 0.717) is 18.8 Å². The highest BCUT2D eigenvalue weighted by Crippen LogP contribution is 2.35. The molecular weight excluding hydrogens is 550 g/mol. The van der Waals surface area contributed by atoms with Gasteiger partial charge in [0.05, 0.1) is 0 Å². The van der Waals surface area contributed by atoms with Crippen molar-refractivity contribution in [3.8, 4) is 5.75 Å². The number of allylic oxidation sites excluding steroid dienone is 2. The van der Waals surface area contributed by atoms with Crippen molar-refractivity contribution in [2.24, 2.45) is 0 Å². The van der Waals surface area contributed by atoms with Gasteiger partial charge >= 0.3 is 0 Å². The standard InChI is InChI=1S/C37H43N3O2S/c1-4-24(2)27-11-13-29(14-12-27)40(3)37(42)35-20-26-8-5-7-25(19-26)17-18-43-23-36-32(22-34(39-35)28-9-6-10-28)31-21-30(41)15-16-33(31)38-36/h5,7-8,11-16,19,21,24,35,38-39,41H,4,6,9-10,17-18,20,22-23H2,1-3H3. The van der Waals surface area contributed by atoms with Gasteiger partial charge in [-0.1, -0.05) is 55.8 Å². The van der Waals surface area contributed by atoms with E-state index < -0.39 is 6.04 Å². The van der Waals surface area contributed by atoms with Gasteiger partial charge < -0.3 is 20.3 Å². The fourth-order valence-corrected chi connectivity index (χ4v) is 7.25. The molecule has 0 radical (unpaired) electrons. The number of aryl methyl sites for hydroxylation is 1. The predicted octanol–water partition coefficient (Wildman–Crippen LogP) is 8.02. The van der Waals surface area contributed by atoms with Crippen LogP contribution in [-0.2, 0) is 29.8 Å². The molecule has 5 nitrogen and oxygen atoms in total. The molecule has 1 amide bonds. The number of nitrogens with one attached hydrogen (secondary N) is 2. The Kier molecular flexibility index (Phi) is 8.85. The van der Waals surface area contributed by atoms with Gasteiger partial charge in [0.25, 0.3) is 0 Å². The molecule has 1 fully saturated rings. The Morgan fingerprint density at radius 1 is 1.05 bits per heavy atom. The van der Waals surface area contributed by atoms with Gasteiger partial charge in [-0.05, 0) is 96.4 Å². The van der Waals surface area contributed by atoms with Crippen LogP contribution in [0.5, 0.6) is 5.75 Å². The Morgan fingerprint density at radius 2 is 1.84 bits per heavy atom. The van der Waals surface area contributed by atoms with Crippen LogP contribution in [0.1, 0.15) is 73.4 Å². The molecule has 2 heterocycles. The zero-order valence-electron chi connectivity index (χ0n) is 25.6. The minimum absolute atomic E-state index is 0.0681. The van der Waals surface area contributed by atoms with E-state index in [-0.39, 0.29) is 11.7 Å². The van der Waals surface area contributed by atoms with Crippen molar-refractivity contribution in [3.05, 3.63) is 106 Å². The minimum Gasteiger partial charge on any atom is -0.508 e. The number of nitrogens with zero attached hydrogens (tertiary/aromatic N) is 1. The lowest BCUT2D eigenvalue weighted by molar-refractivity contribution is -0.120. The number of carbonyl (C=O) groups is 1. The number of aromatic hydroxyl groups is 1. The number of hydrogen-bond donors (Lipinski definition) is 3. The summed E-state index contributed by atoms with van der Waals surface area (Å²) in [5.41, 5.74) is 10.7. The van der Waals surface area contributed by atoms with Gasteiger partial charge in [-0.25, -0.2) is 0 Å². The number of rotatable bonds is 4. The van der Waals surface area contributed by atoms with Gasteiger partial charge in [0.1, 0.15) is 11.8 Å². The van der Waals surface area contributed by atoms with Crippen LogP contribution < -0.4 is 10.2 Å². The maximum atomic E-state index is 14.3. The monoisotopic (exact) mass is 593 g/mol. The number of anilines is 1. The second kappa shape index (κ2) is 12.9. The molecule has 4 aromatic rings. The quantitative estimate of drug-likeness (QED) is 0.224. The number of phenolic OH excluding ortho intramolecular Hbond substituents is 1. The molecule has 2 bridgehead atoms. The summed E-state index contributed by atoms with van der Waals surface area (Å²) in [6, 6.07) is 22.4. The van der Waals surface area contributed by atoms with E-state index in [1.807, 2.05) is 35.8 Å². The number of benzene rings is 3. The third kappa shape index (κ3) is 6.50. The van der Waals surface area contributed by atoms with Crippen molar-refractivity contribution in [2.75, 3.05) is 17.7 Å². The molecule has 0 spiro atoms. The highest BCUT2D eigenvalue weighted by molar-refractivity contribution is 7.98. The Balaban J connectivity index is 1.38. The van der Waals surface area contributed by atoms with Crippen molar-refractivity contribution in [3.63, 3.8) is 0 Å². The second-order valence-electron chi connectivity index (χ2n) is 12.2. The highest BCUT2D eigenvalue weighted by atomic mass is 32.2. The molecule has 6 rings (SSSR count). The van der Waals surface area contributed by atoms with Crippen LogP contribution in [-0.4, -0.2) is 34.8 Å². The van der Waals surface area contributed by atoms with Crippen LogP contribution in [0.3, 0.4) is 0 Å². The van der Waals surface area contributed by atoms with Crippen molar-refractivity contribution in [1.29, 1.82) is 0 Å². The van der Waals surface area contributed by atoms with E-state index in [1.54, 1.807) is 6.07 Å². The number of aromatic amines is 1. The number of thioether (sulfide) groups is 1. The van der Waals surface area contributed by atoms with E-state index in [4.69, 9.17) is 0 Å². The number of likely N-dealkylation sites (N-methyl/N-ethyl adjacent to an activating group) is 1. The Morgan fingerprint density at radius 3 is 2.58 bits per heavy atom. The lowest BCUT2D eigenvalue weighted by atomic mass is 9.87. The first-order chi connectivity index (χ1) is 20.9. The van der Waals surface area contributed by atoms with E-state index in [9.17, 15) is 9.90 Å².